The van der Waals surface area contributed by atoms with E-state index in [1.165, 1.54) is 40.6 Å². The van der Waals surface area contributed by atoms with Crippen LogP contribution in [-0.4, -0.2) is 64.6 Å². The zero-order valence-corrected chi connectivity index (χ0v) is 25.5. The number of fused-ring (bicyclic) bond motifs is 1. The average Bonchev–Trinajstić information content (AvgIpc) is 3.03. The van der Waals surface area contributed by atoms with Gasteiger partial charge >= 0.3 is 5.97 Å². The van der Waals surface area contributed by atoms with Gasteiger partial charge in [0.15, 0.2) is 23.9 Å². The lowest BCUT2D eigenvalue weighted by Gasteiger charge is -2.16. The van der Waals surface area contributed by atoms with Crippen molar-refractivity contribution in [1.29, 1.82) is 0 Å². The summed E-state index contributed by atoms with van der Waals surface area (Å²) in [5, 5.41) is 12.2. The number of amides is 1. The highest BCUT2D eigenvalue weighted by Crippen LogP contribution is 2.39. The van der Waals surface area contributed by atoms with E-state index in [2.05, 4.69) is 10.0 Å². The molecule has 3 N–H and O–H groups in total. The smallest absolute Gasteiger partial charge is 0.323 e. The first kappa shape index (κ1) is 32.0. The van der Waals surface area contributed by atoms with Crippen molar-refractivity contribution < 1.29 is 42.8 Å². The summed E-state index contributed by atoms with van der Waals surface area (Å²) in [6.45, 7) is 1.11. The van der Waals surface area contributed by atoms with Crippen LogP contribution in [0.3, 0.4) is 0 Å². The Kier molecular flexibility index (Phi) is 10.6. The number of nitrogens with one attached hydrogen (secondary N) is 2. The molecular formula is C31H32N2O10S. The number of aliphatic carboxylic acids is 1. The number of hydrogen-bond acceptors (Lipinski definition) is 11. The highest BCUT2D eigenvalue weighted by Gasteiger charge is 2.24. The average molecular weight is 625 g/mol. The Balaban J connectivity index is 1.60. The summed E-state index contributed by atoms with van der Waals surface area (Å²) in [5.41, 5.74) is 1.04. The van der Waals surface area contributed by atoms with E-state index in [1.54, 1.807) is 18.2 Å². The van der Waals surface area contributed by atoms with E-state index in [0.717, 1.165) is 22.4 Å². The molecule has 12 nitrogen and oxygen atoms in total. The van der Waals surface area contributed by atoms with E-state index in [4.69, 9.17) is 28.1 Å². The largest absolute Gasteiger partial charge is 0.496 e. The van der Waals surface area contributed by atoms with Crippen LogP contribution in [0.1, 0.15) is 5.56 Å². The van der Waals surface area contributed by atoms with Gasteiger partial charge < -0.3 is 38.5 Å². The second-order valence-electron chi connectivity index (χ2n) is 9.38. The Morgan fingerprint density at radius 3 is 2.25 bits per heavy atom. The normalized spacial score (nSPS) is 11.5. The van der Waals surface area contributed by atoms with Crippen molar-refractivity contribution in [2.75, 3.05) is 41.6 Å². The molecule has 0 aliphatic carbocycles. The Morgan fingerprint density at radius 2 is 1.61 bits per heavy atom. The van der Waals surface area contributed by atoms with Crippen LogP contribution in [0.25, 0.3) is 22.3 Å². The fraction of sp³-hybridized carbons (Fsp3) is 0.258. The van der Waals surface area contributed by atoms with Crippen molar-refractivity contribution in [2.45, 2.75) is 17.9 Å². The molecule has 0 spiro atoms. The molecule has 0 aliphatic rings. The molecular weight excluding hydrogens is 592 g/mol. The molecule has 44 heavy (non-hydrogen) atoms. The third-order valence-corrected chi connectivity index (χ3v) is 7.39. The van der Waals surface area contributed by atoms with Gasteiger partial charge in [0.25, 0.3) is 5.91 Å². The summed E-state index contributed by atoms with van der Waals surface area (Å²) >= 11 is 1.13. The topological polar surface area (TPSA) is 155 Å². The minimum atomic E-state index is -1.15. The Bertz CT molecular complexity index is 1710. The highest BCUT2D eigenvalue weighted by atomic mass is 32.2. The molecule has 0 radical (unpaired) electrons. The van der Waals surface area contributed by atoms with E-state index in [0.29, 0.717) is 22.8 Å². The van der Waals surface area contributed by atoms with Gasteiger partial charge in [0.1, 0.15) is 28.5 Å². The van der Waals surface area contributed by atoms with E-state index in [9.17, 15) is 19.5 Å². The first-order valence-electron chi connectivity index (χ1n) is 13.3. The number of ether oxygens (including phenoxy) is 5. The molecule has 1 heterocycles. The van der Waals surface area contributed by atoms with Crippen molar-refractivity contribution in [3.63, 3.8) is 0 Å². The summed E-state index contributed by atoms with van der Waals surface area (Å²) in [4.78, 5) is 39.2. The summed E-state index contributed by atoms with van der Waals surface area (Å²) in [6.07, 6.45) is 0. The molecule has 0 saturated heterocycles. The molecule has 0 aliphatic heterocycles. The molecule has 13 heteroatoms. The lowest BCUT2D eigenvalue weighted by atomic mass is 10.1. The fourth-order valence-corrected chi connectivity index (χ4v) is 4.88. The molecule has 1 amide bonds. The zero-order valence-electron chi connectivity index (χ0n) is 24.7. The Hall–Kier alpha value is -4.88. The van der Waals surface area contributed by atoms with Gasteiger partial charge in [0, 0.05) is 29.1 Å². The molecule has 1 unspecified atom stereocenters. The van der Waals surface area contributed by atoms with E-state index < -0.39 is 30.0 Å². The van der Waals surface area contributed by atoms with Crippen LogP contribution in [0.2, 0.25) is 0 Å². The number of carbonyl (C=O) groups excluding carboxylic acids is 1. The number of hydrogen-bond donors (Lipinski definition) is 3. The fourth-order valence-electron chi connectivity index (χ4n) is 4.15. The van der Waals surface area contributed by atoms with Gasteiger partial charge in [0.05, 0.1) is 28.4 Å². The zero-order chi connectivity index (χ0) is 31.8. The maximum atomic E-state index is 13.8. The monoisotopic (exact) mass is 624 g/mol. The van der Waals surface area contributed by atoms with Gasteiger partial charge in [-0.3, -0.25) is 14.4 Å². The SMILES string of the molecule is COc1cc(OC)c2c(=O)c(OCC(=O)NCC(NSc3ccc(C)cc3)C(=O)O)c(-c3ccc(OC)c(OC)c3)oc2c1. The van der Waals surface area contributed by atoms with Crippen LogP contribution in [0, 0.1) is 6.92 Å². The number of carboxylic acids is 1. The summed E-state index contributed by atoms with van der Waals surface area (Å²) in [6, 6.07) is 14.4. The second-order valence-corrected chi connectivity index (χ2v) is 10.3. The lowest BCUT2D eigenvalue weighted by Crippen LogP contribution is -2.44. The van der Waals surface area contributed by atoms with Crippen LogP contribution in [-0.2, 0) is 9.59 Å². The van der Waals surface area contributed by atoms with Crippen molar-refractivity contribution in [3.8, 4) is 40.1 Å². The van der Waals surface area contributed by atoms with Gasteiger partial charge in [0.2, 0.25) is 11.2 Å². The van der Waals surface area contributed by atoms with Crippen molar-refractivity contribution in [3.05, 3.63) is 70.4 Å². The van der Waals surface area contributed by atoms with Crippen molar-refractivity contribution in [2.24, 2.45) is 0 Å². The maximum Gasteiger partial charge on any atom is 0.323 e. The number of methoxy groups -OCH3 is 4. The molecule has 4 rings (SSSR count). The number of rotatable bonds is 14. The van der Waals surface area contributed by atoms with Crippen LogP contribution >= 0.6 is 11.9 Å². The lowest BCUT2D eigenvalue weighted by molar-refractivity contribution is -0.138. The Morgan fingerprint density at radius 1 is 0.909 bits per heavy atom. The van der Waals surface area contributed by atoms with Crippen LogP contribution in [0.5, 0.6) is 28.7 Å². The molecule has 3 aromatic carbocycles. The first-order valence-corrected chi connectivity index (χ1v) is 14.1. The molecule has 1 aromatic heterocycles. The summed E-state index contributed by atoms with van der Waals surface area (Å²) in [5.74, 6) is -0.648. The minimum absolute atomic E-state index is 0.0196. The molecule has 0 bridgehead atoms. The number of carboxylic acid groups (broad SMARTS) is 1. The standard InChI is InChI=1S/C31H32N2O10S/c1-17-6-9-20(10-7-17)44-33-21(31(36)37)15-32-26(34)16-42-30-28(35)27-24(41-5)13-19(38-2)14-25(27)43-29(30)18-8-11-22(39-3)23(12-18)40-4/h6-14,21,33H,15-16H2,1-5H3,(H,32,34)(H,36,37). The van der Waals surface area contributed by atoms with Gasteiger partial charge in [-0.15, -0.1) is 0 Å². The highest BCUT2D eigenvalue weighted by molar-refractivity contribution is 7.97. The summed E-state index contributed by atoms with van der Waals surface area (Å²) < 4.78 is 36.2. The molecule has 232 valence electrons. The van der Waals surface area contributed by atoms with Gasteiger partial charge in [-0.25, -0.2) is 4.72 Å². The van der Waals surface area contributed by atoms with Gasteiger partial charge in [-0.05, 0) is 49.2 Å². The number of benzene rings is 3. The van der Waals surface area contributed by atoms with Crippen LogP contribution < -0.4 is 39.2 Å². The number of aryl methyl sites for hydroxylation is 1. The number of carbonyl (C=O) groups is 2. The van der Waals surface area contributed by atoms with Crippen LogP contribution in [0.15, 0.2) is 68.7 Å². The quantitative estimate of drug-likeness (QED) is 0.173. The van der Waals surface area contributed by atoms with E-state index in [-0.39, 0.29) is 34.8 Å². The van der Waals surface area contributed by atoms with Gasteiger partial charge in [-0.2, -0.15) is 0 Å². The molecule has 0 fully saturated rings. The molecule has 0 saturated carbocycles. The predicted molar refractivity (Wildman–Crippen MR) is 164 cm³/mol. The second kappa shape index (κ2) is 14.5. The molecule has 4 aromatic rings. The van der Waals surface area contributed by atoms with Crippen LogP contribution in [0.4, 0.5) is 0 Å². The third-order valence-electron chi connectivity index (χ3n) is 6.48. The van der Waals surface area contributed by atoms with E-state index >= 15 is 0 Å². The summed E-state index contributed by atoms with van der Waals surface area (Å²) in [7, 11) is 5.82. The Labute approximate surface area is 257 Å². The first-order chi connectivity index (χ1) is 21.2. The minimum Gasteiger partial charge on any atom is -0.496 e. The van der Waals surface area contributed by atoms with Gasteiger partial charge in [-0.1, -0.05) is 17.7 Å². The van der Waals surface area contributed by atoms with E-state index in [1.807, 2.05) is 31.2 Å². The molecule has 1 atom stereocenters. The van der Waals surface area contributed by atoms with Crippen molar-refractivity contribution >= 4 is 34.8 Å². The predicted octanol–water partition coefficient (Wildman–Crippen LogP) is 4.05. The third kappa shape index (κ3) is 7.36. The van der Waals surface area contributed by atoms with Crippen molar-refractivity contribution in [1.82, 2.24) is 10.0 Å². The maximum absolute atomic E-state index is 13.8.